The second kappa shape index (κ2) is 5.61. The highest BCUT2D eigenvalue weighted by Gasteiger charge is 2.25. The molecule has 2 aromatic rings. The Morgan fingerprint density at radius 3 is 2.70 bits per heavy atom. The Bertz CT molecular complexity index is 657. The molecule has 1 amide bonds. The summed E-state index contributed by atoms with van der Waals surface area (Å²) >= 11 is 8.11. The Balaban J connectivity index is 1.93. The minimum absolute atomic E-state index is 0.0336. The summed E-state index contributed by atoms with van der Waals surface area (Å²) in [5, 5.41) is 0.692. The molecule has 0 fully saturated rings. The van der Waals surface area contributed by atoms with Crippen LogP contribution in [0.5, 0.6) is 5.75 Å². The summed E-state index contributed by atoms with van der Waals surface area (Å²) in [5.74, 6) is 0.721. The summed E-state index contributed by atoms with van der Waals surface area (Å²) in [6.07, 6.45) is 0. The van der Waals surface area contributed by atoms with Crippen LogP contribution in [-0.2, 0) is 11.3 Å². The molecule has 0 saturated carbocycles. The minimum Gasteiger partial charge on any atom is -0.482 e. The molecule has 0 aliphatic carbocycles. The van der Waals surface area contributed by atoms with Gasteiger partial charge in [-0.2, -0.15) is 0 Å². The number of halogens is 2. The van der Waals surface area contributed by atoms with E-state index in [0.29, 0.717) is 11.6 Å². The zero-order valence-electron chi connectivity index (χ0n) is 10.5. The van der Waals surface area contributed by atoms with Crippen molar-refractivity contribution in [3.8, 4) is 5.75 Å². The number of hydrogen-bond acceptors (Lipinski definition) is 2. The number of ether oxygens (including phenoxy) is 1. The lowest BCUT2D eigenvalue weighted by atomic mass is 10.1. The lowest BCUT2D eigenvalue weighted by Crippen LogP contribution is -2.38. The van der Waals surface area contributed by atoms with E-state index in [4.69, 9.17) is 16.3 Å². The highest BCUT2D eigenvalue weighted by molar-refractivity contribution is 14.1. The zero-order valence-corrected chi connectivity index (χ0v) is 13.4. The van der Waals surface area contributed by atoms with Crippen molar-refractivity contribution < 1.29 is 9.53 Å². The van der Waals surface area contributed by atoms with Crippen molar-refractivity contribution in [1.82, 2.24) is 0 Å². The van der Waals surface area contributed by atoms with Crippen LogP contribution >= 0.6 is 34.2 Å². The number of amides is 1. The smallest absolute Gasteiger partial charge is 0.265 e. The van der Waals surface area contributed by atoms with Crippen molar-refractivity contribution in [2.24, 2.45) is 0 Å². The average Bonchev–Trinajstić information content (AvgIpc) is 2.44. The number of benzene rings is 2. The van der Waals surface area contributed by atoms with E-state index in [1.165, 1.54) is 0 Å². The lowest BCUT2D eigenvalue weighted by Gasteiger charge is -2.29. The van der Waals surface area contributed by atoms with Gasteiger partial charge in [-0.25, -0.2) is 0 Å². The molecule has 3 rings (SSSR count). The summed E-state index contributed by atoms with van der Waals surface area (Å²) < 4.78 is 6.57. The normalized spacial score (nSPS) is 13.9. The summed E-state index contributed by atoms with van der Waals surface area (Å²) in [6, 6.07) is 13.3. The quantitative estimate of drug-likeness (QED) is 0.718. The van der Waals surface area contributed by atoms with E-state index in [1.54, 1.807) is 4.90 Å². The van der Waals surface area contributed by atoms with Gasteiger partial charge in [-0.05, 0) is 58.5 Å². The maximum Gasteiger partial charge on any atom is 0.265 e. The molecule has 0 bridgehead atoms. The van der Waals surface area contributed by atoms with Gasteiger partial charge in [0.25, 0.3) is 5.91 Å². The van der Waals surface area contributed by atoms with Gasteiger partial charge in [0, 0.05) is 8.59 Å². The van der Waals surface area contributed by atoms with Gasteiger partial charge in [0.1, 0.15) is 5.75 Å². The fraction of sp³-hybridized carbons (Fsp3) is 0.133. The number of anilines is 1. The first kappa shape index (κ1) is 13.7. The van der Waals surface area contributed by atoms with Crippen molar-refractivity contribution in [3.63, 3.8) is 0 Å². The molecule has 1 heterocycles. The molecule has 102 valence electrons. The van der Waals surface area contributed by atoms with Crippen LogP contribution in [-0.4, -0.2) is 12.5 Å². The highest BCUT2D eigenvalue weighted by atomic mass is 127. The number of rotatable bonds is 2. The predicted molar refractivity (Wildman–Crippen MR) is 87.3 cm³/mol. The molecule has 0 radical (unpaired) electrons. The fourth-order valence-corrected chi connectivity index (χ4v) is 2.71. The molecule has 0 N–H and O–H groups in total. The van der Waals surface area contributed by atoms with Gasteiger partial charge >= 0.3 is 0 Å². The lowest BCUT2D eigenvalue weighted by molar-refractivity contribution is -0.121. The summed E-state index contributed by atoms with van der Waals surface area (Å²) in [6.45, 7) is 0.605. The van der Waals surface area contributed by atoms with Crippen LogP contribution in [0.4, 0.5) is 5.69 Å². The number of fused-ring (bicyclic) bond motifs is 1. The van der Waals surface area contributed by atoms with Crippen LogP contribution in [0.25, 0.3) is 0 Å². The van der Waals surface area contributed by atoms with Gasteiger partial charge in [0.15, 0.2) is 6.61 Å². The summed E-state index contributed by atoms with van der Waals surface area (Å²) in [4.78, 5) is 13.8. The van der Waals surface area contributed by atoms with E-state index in [1.807, 2.05) is 42.5 Å². The summed E-state index contributed by atoms with van der Waals surface area (Å²) in [7, 11) is 0. The van der Waals surface area contributed by atoms with Crippen molar-refractivity contribution in [2.75, 3.05) is 11.5 Å². The first-order valence-electron chi connectivity index (χ1n) is 6.10. The topological polar surface area (TPSA) is 29.5 Å². The Hall–Kier alpha value is -1.27. The molecular formula is C15H11ClINO2. The van der Waals surface area contributed by atoms with Crippen LogP contribution in [0.2, 0.25) is 5.02 Å². The Kier molecular flexibility index (Phi) is 3.85. The first-order valence-corrected chi connectivity index (χ1v) is 7.56. The second-order valence-electron chi connectivity index (χ2n) is 4.51. The standard InChI is InChI=1S/C15H11ClINO2/c16-11-3-1-10(2-4-11)8-18-13-6-5-12(17)7-14(13)20-9-15(18)19/h1-7H,8-9H2. The van der Waals surface area contributed by atoms with Crippen LogP contribution < -0.4 is 9.64 Å². The molecule has 0 atom stereocenters. The predicted octanol–water partition coefficient (Wildman–Crippen LogP) is 3.87. The third kappa shape index (κ3) is 2.76. The molecule has 20 heavy (non-hydrogen) atoms. The average molecular weight is 400 g/mol. The fourth-order valence-electron chi connectivity index (χ4n) is 2.12. The van der Waals surface area contributed by atoms with Crippen LogP contribution in [0, 0.1) is 3.57 Å². The molecule has 2 aromatic carbocycles. The van der Waals surface area contributed by atoms with Crippen molar-refractivity contribution >= 4 is 45.8 Å². The monoisotopic (exact) mass is 399 g/mol. The molecule has 5 heteroatoms. The number of carbonyl (C=O) groups excluding carboxylic acids is 1. The third-order valence-corrected chi connectivity index (χ3v) is 4.04. The Labute approximate surface area is 135 Å². The van der Waals surface area contributed by atoms with E-state index >= 15 is 0 Å². The molecule has 0 aromatic heterocycles. The van der Waals surface area contributed by atoms with Crippen LogP contribution in [0.15, 0.2) is 42.5 Å². The van der Waals surface area contributed by atoms with E-state index in [9.17, 15) is 4.79 Å². The van der Waals surface area contributed by atoms with Gasteiger partial charge in [0.05, 0.1) is 12.2 Å². The van der Waals surface area contributed by atoms with Crippen molar-refractivity contribution in [2.45, 2.75) is 6.54 Å². The first-order chi connectivity index (χ1) is 9.63. The maximum absolute atomic E-state index is 12.1. The van der Waals surface area contributed by atoms with E-state index in [-0.39, 0.29) is 12.5 Å². The van der Waals surface area contributed by atoms with Gasteiger partial charge in [0.2, 0.25) is 0 Å². The highest BCUT2D eigenvalue weighted by Crippen LogP contribution is 2.34. The minimum atomic E-state index is -0.0336. The molecule has 0 saturated heterocycles. The molecule has 0 spiro atoms. The second-order valence-corrected chi connectivity index (χ2v) is 6.19. The van der Waals surface area contributed by atoms with Crippen LogP contribution in [0.1, 0.15) is 5.56 Å². The third-order valence-electron chi connectivity index (χ3n) is 3.12. The Morgan fingerprint density at radius 2 is 1.95 bits per heavy atom. The van der Waals surface area contributed by atoms with Crippen LogP contribution in [0.3, 0.4) is 0 Å². The Morgan fingerprint density at radius 1 is 1.20 bits per heavy atom. The largest absolute Gasteiger partial charge is 0.482 e. The molecular weight excluding hydrogens is 389 g/mol. The van der Waals surface area contributed by atoms with E-state index in [2.05, 4.69) is 22.6 Å². The molecule has 1 aliphatic rings. The van der Waals surface area contributed by atoms with Gasteiger partial charge in [-0.15, -0.1) is 0 Å². The van der Waals surface area contributed by atoms with E-state index < -0.39 is 0 Å². The molecule has 1 aliphatic heterocycles. The van der Waals surface area contributed by atoms with Gasteiger partial charge in [-0.1, -0.05) is 23.7 Å². The van der Waals surface area contributed by atoms with Crippen molar-refractivity contribution in [1.29, 1.82) is 0 Å². The number of carbonyl (C=O) groups is 1. The van der Waals surface area contributed by atoms with Crippen molar-refractivity contribution in [3.05, 3.63) is 56.6 Å². The number of hydrogen-bond donors (Lipinski definition) is 0. The number of nitrogens with zero attached hydrogens (tertiary/aromatic N) is 1. The maximum atomic E-state index is 12.1. The van der Waals surface area contributed by atoms with E-state index in [0.717, 1.165) is 20.6 Å². The van der Waals surface area contributed by atoms with Gasteiger partial charge < -0.3 is 9.64 Å². The SMILES string of the molecule is O=C1COc2cc(I)ccc2N1Cc1ccc(Cl)cc1. The van der Waals surface area contributed by atoms with Gasteiger partial charge in [-0.3, -0.25) is 4.79 Å². The zero-order chi connectivity index (χ0) is 14.1. The molecule has 0 unspecified atom stereocenters. The molecule has 3 nitrogen and oxygen atoms in total. The summed E-state index contributed by atoms with van der Waals surface area (Å²) in [5.41, 5.74) is 1.85.